The van der Waals surface area contributed by atoms with Crippen molar-refractivity contribution in [2.45, 2.75) is 379 Å². The number of unbranched alkanes of at least 4 members (excludes halogenated alkanes) is 47. The molecule has 3 N–H and O–H groups in total. The Morgan fingerprint density at radius 3 is 1.00 bits per heavy atom. The highest BCUT2D eigenvalue weighted by atomic mass is 16.5. The van der Waals surface area contributed by atoms with Crippen LogP contribution in [0.25, 0.3) is 0 Å². The lowest BCUT2D eigenvalue weighted by Crippen LogP contribution is -2.45. The van der Waals surface area contributed by atoms with Crippen LogP contribution in [0.3, 0.4) is 0 Å². The first-order valence-electron chi connectivity index (χ1n) is 34.4. The van der Waals surface area contributed by atoms with Crippen LogP contribution in [0.1, 0.15) is 367 Å². The van der Waals surface area contributed by atoms with Crippen LogP contribution in [0, 0.1) is 0 Å². The van der Waals surface area contributed by atoms with E-state index in [9.17, 15) is 19.8 Å². The van der Waals surface area contributed by atoms with E-state index in [4.69, 9.17) is 4.74 Å². The van der Waals surface area contributed by atoms with Gasteiger partial charge in [0.15, 0.2) is 0 Å². The molecule has 6 nitrogen and oxygen atoms in total. The minimum absolute atomic E-state index is 0.0105. The van der Waals surface area contributed by atoms with Crippen LogP contribution in [0.5, 0.6) is 0 Å². The first kappa shape index (κ1) is 74.8. The van der Waals surface area contributed by atoms with E-state index in [1.165, 1.54) is 289 Å². The van der Waals surface area contributed by atoms with Gasteiger partial charge in [-0.1, -0.05) is 313 Å². The molecule has 0 radical (unpaired) electrons. The van der Waals surface area contributed by atoms with E-state index in [-0.39, 0.29) is 18.5 Å². The highest BCUT2D eigenvalue weighted by Crippen LogP contribution is 2.17. The molecule has 452 valence electrons. The molecule has 0 aliphatic heterocycles. The molecule has 0 rings (SSSR count). The minimum atomic E-state index is -0.842. The standard InChI is InChI=1S/C71H133NO5/c1-3-5-7-9-11-13-15-16-17-35-39-42-45-49-53-57-61-65-71(76)77-66-62-58-54-50-46-43-40-37-34-32-30-28-26-24-22-20-18-19-21-23-25-27-29-31-33-36-38-41-44-48-52-56-60-64-70(75)72-68(67-73)69(74)63-59-55-51-47-14-12-10-8-6-4-2/h16-17,22,24,28,30,59,63,68-69,73-74H,3-15,18-21,23,25-27,29,31-58,60-62,64-67H2,1-2H3,(H,72,75)/b17-16-,24-22-,30-28-,63-59+. The fourth-order valence-electron chi connectivity index (χ4n) is 10.5. The van der Waals surface area contributed by atoms with Crippen molar-refractivity contribution in [2.24, 2.45) is 0 Å². The Kier molecular flexibility index (Phi) is 64.5. The summed E-state index contributed by atoms with van der Waals surface area (Å²) < 4.78 is 5.50. The number of carbonyl (C=O) groups excluding carboxylic acids is 2. The molecule has 1 amide bonds. The Morgan fingerprint density at radius 2 is 0.649 bits per heavy atom. The summed E-state index contributed by atoms with van der Waals surface area (Å²) in [6.07, 6.45) is 86.3. The van der Waals surface area contributed by atoms with E-state index < -0.39 is 12.1 Å². The Morgan fingerprint density at radius 1 is 0.364 bits per heavy atom. The second-order valence-electron chi connectivity index (χ2n) is 23.5. The van der Waals surface area contributed by atoms with Gasteiger partial charge in [-0.05, 0) is 89.9 Å². The number of hydrogen-bond acceptors (Lipinski definition) is 5. The SMILES string of the molecule is CCCCCCCC/C=C\CCCCCCCCCC(=O)OCCCCCCCCCCC/C=C\C/C=C\CCCCCCCCCCCCCCCCCCCC(=O)NC(CO)C(O)/C=C/CCCCCCCCCC. The zero-order chi connectivity index (χ0) is 55.7. The van der Waals surface area contributed by atoms with Crippen molar-refractivity contribution < 1.29 is 24.5 Å². The molecule has 0 aromatic rings. The third-order valence-electron chi connectivity index (χ3n) is 15.8. The largest absolute Gasteiger partial charge is 0.466 e. The Bertz CT molecular complexity index is 1290. The topological polar surface area (TPSA) is 95.9 Å². The molecule has 6 heteroatoms. The van der Waals surface area contributed by atoms with E-state index >= 15 is 0 Å². The molecular formula is C71H133NO5. The van der Waals surface area contributed by atoms with Crippen molar-refractivity contribution in [3.8, 4) is 0 Å². The molecular weight excluding hydrogens is 947 g/mol. The van der Waals surface area contributed by atoms with Crippen molar-refractivity contribution in [3.05, 3.63) is 48.6 Å². The summed E-state index contributed by atoms with van der Waals surface area (Å²) in [6.45, 7) is 4.89. The van der Waals surface area contributed by atoms with Gasteiger partial charge in [-0.2, -0.15) is 0 Å². The number of amides is 1. The van der Waals surface area contributed by atoms with E-state index in [0.717, 1.165) is 51.4 Å². The number of rotatable bonds is 64. The van der Waals surface area contributed by atoms with Crippen molar-refractivity contribution >= 4 is 11.9 Å². The highest BCUT2D eigenvalue weighted by molar-refractivity contribution is 5.76. The first-order valence-corrected chi connectivity index (χ1v) is 34.4. The van der Waals surface area contributed by atoms with Crippen LogP contribution in [0.2, 0.25) is 0 Å². The fraction of sp³-hybridized carbons (Fsp3) is 0.859. The average Bonchev–Trinajstić information content (AvgIpc) is 3.43. The molecule has 0 aromatic heterocycles. The summed E-state index contributed by atoms with van der Waals surface area (Å²) in [4.78, 5) is 24.5. The lowest BCUT2D eigenvalue weighted by atomic mass is 10.0. The smallest absolute Gasteiger partial charge is 0.305 e. The van der Waals surface area contributed by atoms with E-state index in [2.05, 4.69) is 55.6 Å². The number of nitrogens with one attached hydrogen (secondary N) is 1. The van der Waals surface area contributed by atoms with Gasteiger partial charge in [0, 0.05) is 12.8 Å². The molecule has 0 aliphatic rings. The summed E-state index contributed by atoms with van der Waals surface area (Å²) in [6, 6.07) is -0.625. The Hall–Kier alpha value is -2.18. The van der Waals surface area contributed by atoms with Crippen LogP contribution in [0.15, 0.2) is 48.6 Å². The summed E-state index contributed by atoms with van der Waals surface area (Å²) in [7, 11) is 0. The summed E-state index contributed by atoms with van der Waals surface area (Å²) in [5.74, 6) is -0.0568. The molecule has 0 saturated carbocycles. The first-order chi connectivity index (χ1) is 38.0. The lowest BCUT2D eigenvalue weighted by molar-refractivity contribution is -0.143. The molecule has 2 atom stereocenters. The third kappa shape index (κ3) is 62.9. The van der Waals surface area contributed by atoms with Gasteiger partial charge in [-0.25, -0.2) is 0 Å². The highest BCUT2D eigenvalue weighted by Gasteiger charge is 2.18. The quantitative estimate of drug-likeness (QED) is 0.0320. The molecule has 0 bridgehead atoms. The fourth-order valence-corrected chi connectivity index (χ4v) is 10.5. The molecule has 2 unspecified atom stereocenters. The van der Waals surface area contributed by atoms with Gasteiger partial charge in [-0.15, -0.1) is 0 Å². The average molecular weight is 1080 g/mol. The number of esters is 1. The van der Waals surface area contributed by atoms with Crippen LogP contribution in [-0.4, -0.2) is 47.4 Å². The zero-order valence-corrected chi connectivity index (χ0v) is 51.7. The second-order valence-corrected chi connectivity index (χ2v) is 23.5. The molecule has 0 fully saturated rings. The lowest BCUT2D eigenvalue weighted by Gasteiger charge is -2.20. The van der Waals surface area contributed by atoms with Gasteiger partial charge in [0.05, 0.1) is 25.4 Å². The maximum Gasteiger partial charge on any atom is 0.305 e. The molecule has 77 heavy (non-hydrogen) atoms. The van der Waals surface area contributed by atoms with Gasteiger partial charge in [-0.3, -0.25) is 9.59 Å². The van der Waals surface area contributed by atoms with E-state index in [1.807, 2.05) is 6.08 Å². The number of hydrogen-bond donors (Lipinski definition) is 3. The molecule has 0 aliphatic carbocycles. The second kappa shape index (κ2) is 66.3. The van der Waals surface area contributed by atoms with Crippen molar-refractivity contribution in [2.75, 3.05) is 13.2 Å². The maximum absolute atomic E-state index is 12.4. The van der Waals surface area contributed by atoms with Crippen LogP contribution in [-0.2, 0) is 14.3 Å². The molecule has 0 saturated heterocycles. The summed E-state index contributed by atoms with van der Waals surface area (Å²) >= 11 is 0. The van der Waals surface area contributed by atoms with E-state index in [0.29, 0.717) is 19.4 Å². The van der Waals surface area contributed by atoms with Gasteiger partial charge in [0.25, 0.3) is 0 Å². The van der Waals surface area contributed by atoms with Crippen LogP contribution < -0.4 is 5.32 Å². The molecule has 0 aromatic carbocycles. The number of aliphatic hydroxyl groups excluding tert-OH is 2. The minimum Gasteiger partial charge on any atom is -0.466 e. The number of carbonyl (C=O) groups is 2. The number of allylic oxidation sites excluding steroid dienone is 7. The van der Waals surface area contributed by atoms with Crippen molar-refractivity contribution in [1.82, 2.24) is 5.32 Å². The van der Waals surface area contributed by atoms with Gasteiger partial charge >= 0.3 is 5.97 Å². The number of ether oxygens (including phenoxy) is 1. The van der Waals surface area contributed by atoms with Crippen LogP contribution >= 0.6 is 0 Å². The van der Waals surface area contributed by atoms with Crippen LogP contribution in [0.4, 0.5) is 0 Å². The van der Waals surface area contributed by atoms with Crippen molar-refractivity contribution in [3.63, 3.8) is 0 Å². The zero-order valence-electron chi connectivity index (χ0n) is 51.7. The molecule has 0 heterocycles. The van der Waals surface area contributed by atoms with Gasteiger partial charge in [0.2, 0.25) is 5.91 Å². The maximum atomic E-state index is 12.4. The number of aliphatic hydroxyl groups is 2. The Labute approximate surface area is 480 Å². The predicted molar refractivity (Wildman–Crippen MR) is 338 cm³/mol. The van der Waals surface area contributed by atoms with Gasteiger partial charge in [0.1, 0.15) is 0 Å². The normalized spacial score (nSPS) is 12.8. The third-order valence-corrected chi connectivity index (χ3v) is 15.8. The Balaban J connectivity index is 3.37. The van der Waals surface area contributed by atoms with E-state index in [1.54, 1.807) is 6.08 Å². The summed E-state index contributed by atoms with van der Waals surface area (Å²) in [5, 5.41) is 23.0. The summed E-state index contributed by atoms with van der Waals surface area (Å²) in [5.41, 5.74) is 0. The predicted octanol–water partition coefficient (Wildman–Crippen LogP) is 22.1. The monoisotopic (exact) mass is 1080 g/mol. The molecule has 0 spiro atoms. The van der Waals surface area contributed by atoms with Crippen molar-refractivity contribution in [1.29, 1.82) is 0 Å². The van der Waals surface area contributed by atoms with Gasteiger partial charge < -0.3 is 20.3 Å².